The summed E-state index contributed by atoms with van der Waals surface area (Å²) in [6.07, 6.45) is 0.00740. The number of hydrogen-bond donors (Lipinski definition) is 2. The summed E-state index contributed by atoms with van der Waals surface area (Å²) in [6.45, 7) is 3.75. The number of halogens is 1. The second-order valence-corrected chi connectivity index (χ2v) is 4.57. The topological polar surface area (TPSA) is 59.6 Å². The van der Waals surface area contributed by atoms with E-state index in [4.69, 9.17) is 9.47 Å². The molecule has 6 heteroatoms. The van der Waals surface area contributed by atoms with E-state index in [1.54, 1.807) is 7.11 Å². The van der Waals surface area contributed by atoms with Crippen molar-refractivity contribution in [2.75, 3.05) is 32.2 Å². The van der Waals surface area contributed by atoms with Gasteiger partial charge in [-0.25, -0.2) is 0 Å². The van der Waals surface area contributed by atoms with Crippen LogP contribution in [0.5, 0.6) is 0 Å². The van der Waals surface area contributed by atoms with Crippen LogP contribution in [0.2, 0.25) is 0 Å². The number of methoxy groups -OCH3 is 1. The number of rotatable bonds is 4. The predicted octanol–water partition coefficient (Wildman–Crippen LogP) is 1.74. The minimum Gasteiger partial charge on any atom is -0.378 e. The van der Waals surface area contributed by atoms with Gasteiger partial charge in [0, 0.05) is 19.3 Å². The van der Waals surface area contributed by atoms with Crippen molar-refractivity contribution in [3.8, 4) is 0 Å². The van der Waals surface area contributed by atoms with Gasteiger partial charge in [0.15, 0.2) is 0 Å². The molecule has 0 saturated carbocycles. The molecule has 0 aromatic heterocycles. The van der Waals surface area contributed by atoms with Crippen LogP contribution in [0.1, 0.15) is 18.6 Å². The van der Waals surface area contributed by atoms with Crippen LogP contribution in [0.4, 0.5) is 5.69 Å². The third kappa shape index (κ3) is 4.45. The van der Waals surface area contributed by atoms with Gasteiger partial charge in [0.05, 0.1) is 19.3 Å². The molecule has 2 rings (SSSR count). The minimum absolute atomic E-state index is 0. The van der Waals surface area contributed by atoms with Crippen molar-refractivity contribution in [3.05, 3.63) is 29.8 Å². The van der Waals surface area contributed by atoms with Gasteiger partial charge in [0.25, 0.3) is 0 Å². The average Bonchev–Trinajstić information content (AvgIpc) is 2.47. The average molecular weight is 301 g/mol. The van der Waals surface area contributed by atoms with Crippen molar-refractivity contribution in [1.82, 2.24) is 5.32 Å². The minimum atomic E-state index is -0.280. The van der Waals surface area contributed by atoms with Crippen LogP contribution in [-0.4, -0.2) is 38.8 Å². The molecule has 1 aliphatic rings. The van der Waals surface area contributed by atoms with Gasteiger partial charge in [-0.1, -0.05) is 12.1 Å². The molecule has 20 heavy (non-hydrogen) atoms. The van der Waals surface area contributed by atoms with Crippen molar-refractivity contribution in [1.29, 1.82) is 0 Å². The van der Waals surface area contributed by atoms with E-state index in [-0.39, 0.29) is 30.5 Å². The quantitative estimate of drug-likeness (QED) is 0.889. The van der Waals surface area contributed by atoms with Gasteiger partial charge in [0.1, 0.15) is 6.04 Å². The fourth-order valence-corrected chi connectivity index (χ4v) is 1.97. The number of benzene rings is 1. The summed E-state index contributed by atoms with van der Waals surface area (Å²) >= 11 is 0. The zero-order valence-electron chi connectivity index (χ0n) is 11.7. The Kier molecular flexibility index (Phi) is 6.95. The molecular formula is C14H21ClN2O3. The lowest BCUT2D eigenvalue weighted by atomic mass is 10.1. The maximum absolute atomic E-state index is 12.0. The number of nitrogens with one attached hydrogen (secondary N) is 2. The number of hydrogen-bond acceptors (Lipinski definition) is 4. The molecule has 0 bridgehead atoms. The summed E-state index contributed by atoms with van der Waals surface area (Å²) in [5.74, 6) is -0.0677. The fraction of sp³-hybridized carbons (Fsp3) is 0.500. The smallest absolute Gasteiger partial charge is 0.243 e. The first-order valence-electron chi connectivity index (χ1n) is 6.45. The largest absolute Gasteiger partial charge is 0.378 e. The van der Waals surface area contributed by atoms with E-state index in [1.807, 2.05) is 31.2 Å². The number of anilines is 1. The molecule has 2 N–H and O–H groups in total. The fourth-order valence-electron chi connectivity index (χ4n) is 1.97. The standard InChI is InChI=1S/C14H20N2O3.ClH/c1-10(18-2)11-4-3-5-12(8-11)16-14(17)13-9-19-7-6-15-13;/h3-5,8,10,13,15H,6-7,9H2,1-2H3,(H,16,17);1H. The first kappa shape index (κ1) is 16.9. The second-order valence-electron chi connectivity index (χ2n) is 4.57. The van der Waals surface area contributed by atoms with E-state index in [9.17, 15) is 4.79 Å². The number of ether oxygens (including phenoxy) is 2. The third-order valence-corrected chi connectivity index (χ3v) is 3.22. The van der Waals surface area contributed by atoms with Crippen LogP contribution in [0.3, 0.4) is 0 Å². The lowest BCUT2D eigenvalue weighted by Gasteiger charge is -2.23. The molecule has 112 valence electrons. The molecule has 1 heterocycles. The number of amides is 1. The summed E-state index contributed by atoms with van der Waals surface area (Å²) in [6, 6.07) is 7.40. The molecule has 5 nitrogen and oxygen atoms in total. The number of carbonyl (C=O) groups excluding carboxylic acids is 1. The molecule has 1 fully saturated rings. The molecule has 1 saturated heterocycles. The molecule has 1 aliphatic heterocycles. The summed E-state index contributed by atoms with van der Waals surface area (Å²) in [7, 11) is 1.67. The van der Waals surface area contributed by atoms with Crippen molar-refractivity contribution < 1.29 is 14.3 Å². The number of carbonyl (C=O) groups is 1. The Morgan fingerprint density at radius 1 is 1.55 bits per heavy atom. The maximum Gasteiger partial charge on any atom is 0.243 e. The summed E-state index contributed by atoms with van der Waals surface area (Å²) in [5, 5.41) is 6.02. The Morgan fingerprint density at radius 3 is 3.00 bits per heavy atom. The predicted molar refractivity (Wildman–Crippen MR) is 80.4 cm³/mol. The van der Waals surface area contributed by atoms with Gasteiger partial charge < -0.3 is 20.1 Å². The number of morpholine rings is 1. The van der Waals surface area contributed by atoms with Crippen molar-refractivity contribution in [2.24, 2.45) is 0 Å². The molecular weight excluding hydrogens is 280 g/mol. The Hall–Kier alpha value is -1.14. The van der Waals surface area contributed by atoms with Crippen LogP contribution < -0.4 is 10.6 Å². The van der Waals surface area contributed by atoms with Crippen LogP contribution >= 0.6 is 12.4 Å². The van der Waals surface area contributed by atoms with Crippen molar-refractivity contribution in [2.45, 2.75) is 19.1 Å². The van der Waals surface area contributed by atoms with Crippen LogP contribution in [0.25, 0.3) is 0 Å². The highest BCUT2D eigenvalue weighted by Crippen LogP contribution is 2.19. The summed E-state index contributed by atoms with van der Waals surface area (Å²) in [4.78, 5) is 12.0. The highest BCUT2D eigenvalue weighted by Gasteiger charge is 2.21. The Labute approximate surface area is 125 Å². The van der Waals surface area contributed by atoms with E-state index in [2.05, 4.69) is 10.6 Å². The monoisotopic (exact) mass is 300 g/mol. The van der Waals surface area contributed by atoms with Crippen LogP contribution in [0.15, 0.2) is 24.3 Å². The molecule has 2 unspecified atom stereocenters. The van der Waals surface area contributed by atoms with E-state index >= 15 is 0 Å². The van der Waals surface area contributed by atoms with Gasteiger partial charge in [-0.3, -0.25) is 4.79 Å². The molecule has 0 radical (unpaired) electrons. The van der Waals surface area contributed by atoms with Gasteiger partial charge in [-0.2, -0.15) is 0 Å². The van der Waals surface area contributed by atoms with E-state index in [1.165, 1.54) is 0 Å². The summed E-state index contributed by atoms with van der Waals surface area (Å²) < 4.78 is 10.5. The molecule has 0 spiro atoms. The highest BCUT2D eigenvalue weighted by molar-refractivity contribution is 5.95. The molecule has 0 aliphatic carbocycles. The third-order valence-electron chi connectivity index (χ3n) is 3.22. The van der Waals surface area contributed by atoms with Gasteiger partial charge in [-0.15, -0.1) is 12.4 Å². The molecule has 1 aromatic rings. The zero-order valence-corrected chi connectivity index (χ0v) is 12.5. The zero-order chi connectivity index (χ0) is 13.7. The second kappa shape index (κ2) is 8.21. The Morgan fingerprint density at radius 2 is 2.35 bits per heavy atom. The van der Waals surface area contributed by atoms with Gasteiger partial charge >= 0.3 is 0 Å². The Bertz CT molecular complexity index is 436. The van der Waals surface area contributed by atoms with E-state index in [0.717, 1.165) is 11.3 Å². The normalized spacial score (nSPS) is 19.8. The summed E-state index contributed by atoms with van der Waals surface area (Å²) in [5.41, 5.74) is 1.81. The van der Waals surface area contributed by atoms with Crippen LogP contribution in [-0.2, 0) is 14.3 Å². The van der Waals surface area contributed by atoms with Gasteiger partial charge in [-0.05, 0) is 24.6 Å². The maximum atomic E-state index is 12.0. The van der Waals surface area contributed by atoms with Crippen LogP contribution in [0, 0.1) is 0 Å². The molecule has 1 amide bonds. The first-order chi connectivity index (χ1) is 9.20. The SMILES string of the molecule is COC(C)c1cccc(NC(=O)C2COCCN2)c1.Cl. The van der Waals surface area contributed by atoms with E-state index in [0.29, 0.717) is 19.8 Å². The van der Waals surface area contributed by atoms with E-state index < -0.39 is 0 Å². The lowest BCUT2D eigenvalue weighted by molar-refractivity contribution is -0.120. The first-order valence-corrected chi connectivity index (χ1v) is 6.45. The molecule has 1 aromatic carbocycles. The van der Waals surface area contributed by atoms with Crippen molar-refractivity contribution >= 4 is 24.0 Å². The Balaban J connectivity index is 0.00000200. The van der Waals surface area contributed by atoms with Crippen molar-refractivity contribution in [3.63, 3.8) is 0 Å². The molecule has 2 atom stereocenters. The highest BCUT2D eigenvalue weighted by atomic mass is 35.5. The van der Waals surface area contributed by atoms with Gasteiger partial charge in [0.2, 0.25) is 5.91 Å². The lowest BCUT2D eigenvalue weighted by Crippen LogP contribution is -2.48.